The number of pyridine rings is 2. The molecule has 31 heavy (non-hydrogen) atoms. The molecule has 2 aromatic heterocycles. The third kappa shape index (κ3) is 5.08. The Morgan fingerprint density at radius 3 is 2.32 bits per heavy atom. The van der Waals surface area contributed by atoms with E-state index in [9.17, 15) is 22.4 Å². The quantitative estimate of drug-likeness (QED) is 0.536. The highest BCUT2D eigenvalue weighted by atomic mass is 19.4. The highest BCUT2D eigenvalue weighted by Gasteiger charge is 2.33. The molecule has 10 heteroatoms. The van der Waals surface area contributed by atoms with Crippen LogP contribution in [0.25, 0.3) is 0 Å². The third-order valence-electron chi connectivity index (χ3n) is 4.39. The number of anilines is 3. The number of carbonyl (C=O) groups is 1. The molecule has 3 rings (SSSR count). The first-order valence-corrected chi connectivity index (χ1v) is 9.03. The maximum atomic E-state index is 13.4. The van der Waals surface area contributed by atoms with Gasteiger partial charge in [-0.25, -0.2) is 14.4 Å². The lowest BCUT2D eigenvalue weighted by atomic mass is 10.1. The number of aryl methyl sites for hydroxylation is 2. The summed E-state index contributed by atoms with van der Waals surface area (Å²) >= 11 is 0. The van der Waals surface area contributed by atoms with Crippen LogP contribution in [0.3, 0.4) is 0 Å². The van der Waals surface area contributed by atoms with Crippen molar-refractivity contribution < 1.29 is 27.1 Å². The molecule has 0 atom stereocenters. The van der Waals surface area contributed by atoms with Crippen LogP contribution in [-0.2, 0) is 6.18 Å². The number of nitrogens with zero attached hydrogens (tertiary/aromatic N) is 2. The zero-order chi connectivity index (χ0) is 22.8. The Morgan fingerprint density at radius 2 is 1.71 bits per heavy atom. The van der Waals surface area contributed by atoms with Gasteiger partial charge in [-0.3, -0.25) is 4.79 Å². The summed E-state index contributed by atoms with van der Waals surface area (Å²) in [5, 5.41) is 5.31. The van der Waals surface area contributed by atoms with Crippen LogP contribution < -0.4 is 15.4 Å². The first-order chi connectivity index (χ1) is 14.6. The molecule has 0 spiro atoms. The van der Waals surface area contributed by atoms with E-state index < -0.39 is 23.6 Å². The monoisotopic (exact) mass is 434 g/mol. The molecule has 0 aliphatic rings. The van der Waals surface area contributed by atoms with Crippen molar-refractivity contribution in [2.75, 3.05) is 17.7 Å². The number of methoxy groups -OCH3 is 1. The van der Waals surface area contributed by atoms with Gasteiger partial charge < -0.3 is 15.4 Å². The number of ether oxygens (including phenoxy) is 1. The standard InChI is InChI=1S/C21H18F4N4O2/c1-11-10-13(22)4-6-15(11)27-19-14(5-8-17(29-19)21(23,24)25)20(30)28-16-7-9-18(31-3)26-12(16)2/h4-10H,1-3H3,(H,27,29)(H,28,30). The Balaban J connectivity index is 1.99. The lowest BCUT2D eigenvalue weighted by molar-refractivity contribution is -0.141. The van der Waals surface area contributed by atoms with Crippen molar-refractivity contribution in [3.8, 4) is 5.88 Å². The minimum atomic E-state index is -4.71. The molecule has 0 fully saturated rings. The third-order valence-corrected chi connectivity index (χ3v) is 4.39. The Hall–Kier alpha value is -3.69. The number of rotatable bonds is 5. The van der Waals surface area contributed by atoms with Crippen molar-refractivity contribution in [2.24, 2.45) is 0 Å². The first-order valence-electron chi connectivity index (χ1n) is 9.03. The van der Waals surface area contributed by atoms with Crippen LogP contribution in [0.2, 0.25) is 0 Å². The van der Waals surface area contributed by atoms with Crippen molar-refractivity contribution in [1.82, 2.24) is 9.97 Å². The number of halogens is 4. The topological polar surface area (TPSA) is 76.1 Å². The molecular weight excluding hydrogens is 416 g/mol. The van der Waals surface area contributed by atoms with Crippen molar-refractivity contribution in [3.63, 3.8) is 0 Å². The molecule has 0 unspecified atom stereocenters. The number of benzene rings is 1. The van der Waals surface area contributed by atoms with Gasteiger partial charge >= 0.3 is 6.18 Å². The minimum absolute atomic E-state index is 0.132. The number of carbonyl (C=O) groups excluding carboxylic acids is 1. The molecule has 0 bridgehead atoms. The maximum Gasteiger partial charge on any atom is 0.433 e. The van der Waals surface area contributed by atoms with Gasteiger partial charge in [-0.15, -0.1) is 0 Å². The van der Waals surface area contributed by atoms with Crippen LogP contribution in [-0.4, -0.2) is 23.0 Å². The van der Waals surface area contributed by atoms with Gasteiger partial charge in [0.1, 0.15) is 17.3 Å². The normalized spacial score (nSPS) is 11.2. The molecule has 2 heterocycles. The van der Waals surface area contributed by atoms with Gasteiger partial charge in [0, 0.05) is 11.8 Å². The Labute approximate surface area is 175 Å². The highest BCUT2D eigenvalue weighted by molar-refractivity contribution is 6.08. The second kappa shape index (κ2) is 8.58. The highest BCUT2D eigenvalue weighted by Crippen LogP contribution is 2.31. The number of aromatic nitrogens is 2. The van der Waals surface area contributed by atoms with E-state index in [0.29, 0.717) is 28.5 Å². The van der Waals surface area contributed by atoms with E-state index in [4.69, 9.17) is 4.74 Å². The van der Waals surface area contributed by atoms with Crippen molar-refractivity contribution >= 4 is 23.1 Å². The van der Waals surface area contributed by atoms with E-state index in [2.05, 4.69) is 20.6 Å². The molecule has 6 nitrogen and oxygen atoms in total. The fraction of sp³-hybridized carbons (Fsp3) is 0.190. The summed E-state index contributed by atoms with van der Waals surface area (Å²) in [6.07, 6.45) is -4.71. The summed E-state index contributed by atoms with van der Waals surface area (Å²) in [4.78, 5) is 20.6. The van der Waals surface area contributed by atoms with E-state index in [1.165, 1.54) is 25.3 Å². The van der Waals surface area contributed by atoms with Crippen LogP contribution in [0, 0.1) is 19.7 Å². The predicted octanol–water partition coefficient (Wildman–Crippen LogP) is 5.26. The summed E-state index contributed by atoms with van der Waals surface area (Å²) in [6.45, 7) is 3.22. The molecule has 0 aliphatic heterocycles. The van der Waals surface area contributed by atoms with Crippen molar-refractivity contribution in [2.45, 2.75) is 20.0 Å². The van der Waals surface area contributed by atoms with Crippen LogP contribution >= 0.6 is 0 Å². The summed E-state index contributed by atoms with van der Waals surface area (Å²) < 4.78 is 57.9. The van der Waals surface area contributed by atoms with Gasteiger partial charge in [0.25, 0.3) is 5.91 Å². The van der Waals surface area contributed by atoms with Crippen molar-refractivity contribution in [3.05, 3.63) is 70.8 Å². The Bertz CT molecular complexity index is 1130. The lowest BCUT2D eigenvalue weighted by Crippen LogP contribution is -2.18. The summed E-state index contributed by atoms with van der Waals surface area (Å²) in [5.41, 5.74) is 0.247. The zero-order valence-corrected chi connectivity index (χ0v) is 16.8. The van der Waals surface area contributed by atoms with E-state index >= 15 is 0 Å². The summed E-state index contributed by atoms with van der Waals surface area (Å²) in [5.74, 6) is -1.17. The molecule has 3 aromatic rings. The molecule has 1 aromatic carbocycles. The molecule has 162 valence electrons. The fourth-order valence-electron chi connectivity index (χ4n) is 2.76. The summed E-state index contributed by atoms with van der Waals surface area (Å²) in [6, 6.07) is 8.56. The molecule has 0 aliphatic carbocycles. The number of alkyl halides is 3. The molecular formula is C21H18F4N4O2. The van der Waals surface area contributed by atoms with Crippen LogP contribution in [0.5, 0.6) is 5.88 Å². The van der Waals surface area contributed by atoms with Gasteiger partial charge in [-0.05, 0) is 55.8 Å². The number of nitrogens with one attached hydrogen (secondary N) is 2. The van der Waals surface area contributed by atoms with E-state index in [1.807, 2.05) is 0 Å². The second-order valence-corrected chi connectivity index (χ2v) is 6.62. The lowest BCUT2D eigenvalue weighted by Gasteiger charge is -2.16. The van der Waals surface area contributed by atoms with Gasteiger partial charge in [-0.1, -0.05) is 0 Å². The van der Waals surface area contributed by atoms with E-state index in [0.717, 1.165) is 18.2 Å². The Morgan fingerprint density at radius 1 is 1.00 bits per heavy atom. The van der Waals surface area contributed by atoms with Crippen LogP contribution in [0.15, 0.2) is 42.5 Å². The average Bonchev–Trinajstić information content (AvgIpc) is 2.70. The molecule has 1 amide bonds. The molecule has 0 radical (unpaired) electrons. The van der Waals surface area contributed by atoms with Crippen molar-refractivity contribution in [1.29, 1.82) is 0 Å². The zero-order valence-electron chi connectivity index (χ0n) is 16.8. The van der Waals surface area contributed by atoms with E-state index in [1.54, 1.807) is 19.9 Å². The predicted molar refractivity (Wildman–Crippen MR) is 107 cm³/mol. The van der Waals surface area contributed by atoms with Crippen LogP contribution in [0.4, 0.5) is 34.8 Å². The average molecular weight is 434 g/mol. The first kappa shape index (κ1) is 22.0. The molecule has 2 N–H and O–H groups in total. The van der Waals surface area contributed by atoms with Gasteiger partial charge in [0.05, 0.1) is 24.1 Å². The Kier molecular flexibility index (Phi) is 6.09. The number of amides is 1. The maximum absolute atomic E-state index is 13.4. The number of hydrogen-bond donors (Lipinski definition) is 2. The van der Waals surface area contributed by atoms with Gasteiger partial charge in [0.15, 0.2) is 0 Å². The largest absolute Gasteiger partial charge is 0.481 e. The number of hydrogen-bond acceptors (Lipinski definition) is 5. The second-order valence-electron chi connectivity index (χ2n) is 6.62. The van der Waals surface area contributed by atoms with Gasteiger partial charge in [-0.2, -0.15) is 13.2 Å². The fourth-order valence-corrected chi connectivity index (χ4v) is 2.76. The smallest absolute Gasteiger partial charge is 0.433 e. The minimum Gasteiger partial charge on any atom is -0.481 e. The molecule has 0 saturated heterocycles. The molecule has 0 saturated carbocycles. The van der Waals surface area contributed by atoms with E-state index in [-0.39, 0.29) is 11.4 Å². The summed E-state index contributed by atoms with van der Waals surface area (Å²) in [7, 11) is 1.45. The van der Waals surface area contributed by atoms with Gasteiger partial charge in [0.2, 0.25) is 5.88 Å². The SMILES string of the molecule is COc1ccc(NC(=O)c2ccc(C(F)(F)F)nc2Nc2ccc(F)cc2C)c(C)n1. The van der Waals surface area contributed by atoms with Crippen LogP contribution in [0.1, 0.15) is 27.3 Å².